The number of carbonyl (C=O) groups excluding carboxylic acids is 1. The van der Waals surface area contributed by atoms with Crippen LogP contribution in [0.3, 0.4) is 0 Å². The molecule has 0 spiro atoms. The zero-order valence-electron chi connectivity index (χ0n) is 13.5. The van der Waals surface area contributed by atoms with Crippen LogP contribution in [0.2, 0.25) is 0 Å². The van der Waals surface area contributed by atoms with Crippen molar-refractivity contribution in [1.82, 2.24) is 0 Å². The molecule has 0 aliphatic carbocycles. The lowest BCUT2D eigenvalue weighted by atomic mass is 10.1. The topological polar surface area (TPSA) is 72.2 Å². The van der Waals surface area contributed by atoms with Crippen molar-refractivity contribution >= 4 is 29.0 Å². The second kappa shape index (κ2) is 7.91. The Morgan fingerprint density at radius 3 is 2.44 bits per heavy atom. The first-order chi connectivity index (χ1) is 12.5. The van der Waals surface area contributed by atoms with E-state index in [2.05, 4.69) is 0 Å². The fraction of sp³-hybridized carbons (Fsp3) is 0.188. The number of anilines is 1. The Morgan fingerprint density at radius 2 is 1.85 bits per heavy atom. The van der Waals surface area contributed by atoms with Crippen molar-refractivity contribution in [2.24, 2.45) is 0 Å². The molecule has 2 aromatic carbocycles. The van der Waals surface area contributed by atoms with E-state index in [0.717, 1.165) is 30.3 Å². The van der Waals surface area contributed by atoms with Crippen LogP contribution in [0.25, 0.3) is 0 Å². The first kappa shape index (κ1) is 20.6. The third-order valence-electron chi connectivity index (χ3n) is 3.34. The van der Waals surface area contributed by atoms with Gasteiger partial charge >= 0.3 is 6.18 Å². The molecule has 0 fully saturated rings. The minimum atomic E-state index is -4.94. The van der Waals surface area contributed by atoms with Crippen LogP contribution in [0.5, 0.6) is 0 Å². The van der Waals surface area contributed by atoms with Crippen molar-refractivity contribution < 1.29 is 31.7 Å². The van der Waals surface area contributed by atoms with E-state index in [9.17, 15) is 36.9 Å². The van der Waals surface area contributed by atoms with E-state index in [-0.39, 0.29) is 4.90 Å². The molecule has 5 nitrogen and oxygen atoms in total. The summed E-state index contributed by atoms with van der Waals surface area (Å²) in [5, 5.41) is 11.6. The Labute approximate surface area is 153 Å². The van der Waals surface area contributed by atoms with Crippen molar-refractivity contribution in [3.8, 4) is 0 Å². The molecule has 0 unspecified atom stereocenters. The number of benzene rings is 2. The van der Waals surface area contributed by atoms with Crippen molar-refractivity contribution in [1.29, 1.82) is 0 Å². The average Bonchev–Trinajstić information content (AvgIpc) is 2.57. The van der Waals surface area contributed by atoms with Gasteiger partial charge in [-0.2, -0.15) is 13.2 Å². The normalized spacial score (nSPS) is 12.5. The smallest absolute Gasteiger partial charge is 0.325 e. The van der Waals surface area contributed by atoms with Crippen LogP contribution < -0.4 is 5.32 Å². The molecule has 0 aromatic heterocycles. The third-order valence-corrected chi connectivity index (χ3v) is 4.48. The number of nitrogens with one attached hydrogen (secondary N) is 1. The molecule has 27 heavy (non-hydrogen) atoms. The number of alkyl halides is 3. The summed E-state index contributed by atoms with van der Waals surface area (Å²) < 4.78 is 66.2. The van der Waals surface area contributed by atoms with Gasteiger partial charge in [0.15, 0.2) is 0 Å². The van der Waals surface area contributed by atoms with Crippen molar-refractivity contribution in [3.05, 3.63) is 63.7 Å². The minimum Gasteiger partial charge on any atom is -0.325 e. The fourth-order valence-corrected chi connectivity index (χ4v) is 2.94. The van der Waals surface area contributed by atoms with Gasteiger partial charge in [-0.3, -0.25) is 14.9 Å². The number of nitro groups is 1. The summed E-state index contributed by atoms with van der Waals surface area (Å²) in [6, 6.07) is 4.49. The number of amides is 1. The highest BCUT2D eigenvalue weighted by Gasteiger charge is 2.36. The molecule has 0 heterocycles. The lowest BCUT2D eigenvalue weighted by molar-refractivity contribution is -0.385. The summed E-state index contributed by atoms with van der Waals surface area (Å²) in [7, 11) is 0. The van der Waals surface area contributed by atoms with Gasteiger partial charge in [0.2, 0.25) is 5.91 Å². The monoisotopic (exact) mass is 406 g/mol. The van der Waals surface area contributed by atoms with Gasteiger partial charge in [-0.25, -0.2) is 8.78 Å². The quantitative estimate of drug-likeness (QED) is 0.328. The van der Waals surface area contributed by atoms with Gasteiger partial charge in [-0.15, -0.1) is 11.8 Å². The summed E-state index contributed by atoms with van der Waals surface area (Å²) >= 11 is 0.617. The number of halogens is 5. The lowest BCUT2D eigenvalue weighted by Gasteiger charge is -2.16. The van der Waals surface area contributed by atoms with Crippen LogP contribution in [0.1, 0.15) is 12.5 Å². The highest BCUT2D eigenvalue weighted by molar-refractivity contribution is 8.00. The minimum absolute atomic E-state index is 0.183. The molecule has 0 radical (unpaired) electrons. The van der Waals surface area contributed by atoms with Gasteiger partial charge in [-0.05, 0) is 31.2 Å². The second-order valence-corrected chi connectivity index (χ2v) is 6.69. The SMILES string of the molecule is C[C@@H](Sc1cc(F)ccc1F)C(=O)Nc1ccc([N+](=O)[O-])cc1C(F)(F)F. The Hall–Kier alpha value is -2.69. The highest BCUT2D eigenvalue weighted by atomic mass is 32.2. The highest BCUT2D eigenvalue weighted by Crippen LogP contribution is 2.37. The van der Waals surface area contributed by atoms with Crippen molar-refractivity contribution in [2.45, 2.75) is 23.2 Å². The Kier molecular flexibility index (Phi) is 6.04. The van der Waals surface area contributed by atoms with Gasteiger partial charge < -0.3 is 5.32 Å². The number of thioether (sulfide) groups is 1. The summed E-state index contributed by atoms with van der Waals surface area (Å²) in [5.74, 6) is -2.43. The van der Waals surface area contributed by atoms with E-state index in [1.54, 1.807) is 0 Å². The largest absolute Gasteiger partial charge is 0.418 e. The molecule has 2 rings (SSSR count). The Morgan fingerprint density at radius 1 is 1.19 bits per heavy atom. The van der Waals surface area contributed by atoms with Gasteiger partial charge in [0, 0.05) is 17.0 Å². The number of hydrogen-bond acceptors (Lipinski definition) is 4. The summed E-state index contributed by atoms with van der Waals surface area (Å²) in [6.45, 7) is 1.29. The zero-order chi connectivity index (χ0) is 20.4. The molecule has 11 heteroatoms. The van der Waals surface area contributed by atoms with Crippen LogP contribution in [0.4, 0.5) is 33.3 Å². The average molecular weight is 406 g/mol. The molecule has 0 bridgehead atoms. The molecule has 2 aromatic rings. The maximum atomic E-state index is 13.6. The molecular formula is C16H11F5N2O3S. The number of nitro benzene ring substituents is 1. The van der Waals surface area contributed by atoms with Gasteiger partial charge in [0.05, 0.1) is 21.4 Å². The van der Waals surface area contributed by atoms with Crippen LogP contribution >= 0.6 is 11.8 Å². The van der Waals surface area contributed by atoms with Crippen LogP contribution in [-0.4, -0.2) is 16.1 Å². The van der Waals surface area contributed by atoms with Crippen molar-refractivity contribution in [2.75, 3.05) is 5.32 Å². The lowest BCUT2D eigenvalue weighted by Crippen LogP contribution is -2.24. The molecule has 0 aliphatic heterocycles. The van der Waals surface area contributed by atoms with E-state index in [0.29, 0.717) is 17.8 Å². The Balaban J connectivity index is 2.24. The van der Waals surface area contributed by atoms with Crippen LogP contribution in [0.15, 0.2) is 41.3 Å². The maximum absolute atomic E-state index is 13.6. The number of rotatable bonds is 5. The standard InChI is InChI=1S/C16H11F5N2O3S/c1-8(27-14-6-9(17)2-4-12(14)18)15(24)22-13-5-3-10(23(25)26)7-11(13)16(19,20)21/h2-8H,1H3,(H,22,24)/t8-/m1/s1. The molecule has 0 saturated heterocycles. The molecule has 0 aliphatic rings. The number of non-ortho nitro benzene ring substituents is 1. The maximum Gasteiger partial charge on any atom is 0.418 e. The molecular weight excluding hydrogens is 395 g/mol. The predicted molar refractivity (Wildman–Crippen MR) is 88.4 cm³/mol. The van der Waals surface area contributed by atoms with E-state index < -0.39 is 50.8 Å². The van der Waals surface area contributed by atoms with Crippen LogP contribution in [-0.2, 0) is 11.0 Å². The van der Waals surface area contributed by atoms with Gasteiger partial charge in [0.25, 0.3) is 5.69 Å². The first-order valence-electron chi connectivity index (χ1n) is 7.27. The predicted octanol–water partition coefficient (Wildman–Crippen LogP) is 5.01. The second-order valence-electron chi connectivity index (χ2n) is 5.31. The number of carbonyl (C=O) groups is 1. The van der Waals surface area contributed by atoms with Crippen LogP contribution in [0, 0.1) is 21.7 Å². The Bertz CT molecular complexity index is 889. The zero-order valence-corrected chi connectivity index (χ0v) is 14.3. The van der Waals surface area contributed by atoms with E-state index in [1.165, 1.54) is 6.92 Å². The van der Waals surface area contributed by atoms with Crippen molar-refractivity contribution in [3.63, 3.8) is 0 Å². The fourth-order valence-electron chi connectivity index (χ4n) is 2.04. The molecule has 144 valence electrons. The van der Waals surface area contributed by atoms with E-state index in [4.69, 9.17) is 0 Å². The summed E-state index contributed by atoms with van der Waals surface area (Å²) in [4.78, 5) is 21.7. The first-order valence-corrected chi connectivity index (χ1v) is 8.15. The van der Waals surface area contributed by atoms with E-state index >= 15 is 0 Å². The third kappa shape index (κ3) is 5.16. The number of hydrogen-bond donors (Lipinski definition) is 1. The molecule has 0 saturated carbocycles. The molecule has 1 amide bonds. The summed E-state index contributed by atoms with van der Waals surface area (Å²) in [6.07, 6.45) is -4.94. The molecule has 1 atom stereocenters. The van der Waals surface area contributed by atoms with Gasteiger partial charge in [-0.1, -0.05) is 0 Å². The number of nitrogens with zero attached hydrogens (tertiary/aromatic N) is 1. The summed E-state index contributed by atoms with van der Waals surface area (Å²) in [5.41, 5.74) is -2.85. The molecule has 1 N–H and O–H groups in total. The van der Waals surface area contributed by atoms with E-state index in [1.807, 2.05) is 5.32 Å². The van der Waals surface area contributed by atoms with Gasteiger partial charge in [0.1, 0.15) is 11.6 Å².